The number of carbonyl (C=O) groups is 1. The number of pyridine rings is 1. The number of aromatic amines is 1. The molecule has 0 amide bonds. The van der Waals surface area contributed by atoms with Crippen LogP contribution in [0.1, 0.15) is 13.3 Å². The molecule has 0 saturated heterocycles. The zero-order valence-electron chi connectivity index (χ0n) is 9.93. The second-order valence-electron chi connectivity index (χ2n) is 4.04. The minimum Gasteiger partial charge on any atom is -0.405 e. The van der Waals surface area contributed by atoms with Crippen LogP contribution in [0.15, 0.2) is 36.5 Å². The number of ether oxygens (including phenoxy) is 1. The molecular weight excluding hydrogens is 228 g/mol. The molecule has 0 radical (unpaired) electrons. The maximum absolute atomic E-state index is 11.4. The summed E-state index contributed by atoms with van der Waals surface area (Å²) in [6.07, 6.45) is 1.99. The van der Waals surface area contributed by atoms with Gasteiger partial charge >= 0.3 is 5.97 Å². The van der Waals surface area contributed by atoms with Gasteiger partial charge in [-0.3, -0.25) is 4.79 Å². The summed E-state index contributed by atoms with van der Waals surface area (Å²) in [5.74, 6) is 0.0595. The first kappa shape index (κ1) is 10.8. The topological polar surface area (TPSA) is 55.0 Å². The average Bonchev–Trinajstić information content (AvgIpc) is 2.78. The van der Waals surface area contributed by atoms with Gasteiger partial charge in [-0.15, -0.1) is 0 Å². The monoisotopic (exact) mass is 240 g/mol. The Morgan fingerprint density at radius 1 is 1.28 bits per heavy atom. The molecule has 0 saturated carbocycles. The third-order valence-corrected chi connectivity index (χ3v) is 2.89. The van der Waals surface area contributed by atoms with Crippen molar-refractivity contribution in [3.8, 4) is 5.88 Å². The minimum atomic E-state index is -0.284. The van der Waals surface area contributed by atoms with Crippen molar-refractivity contribution in [2.45, 2.75) is 13.3 Å². The number of hydrogen-bond acceptors (Lipinski definition) is 3. The zero-order chi connectivity index (χ0) is 12.5. The van der Waals surface area contributed by atoms with Gasteiger partial charge in [0.2, 0.25) is 5.88 Å². The summed E-state index contributed by atoms with van der Waals surface area (Å²) >= 11 is 0. The van der Waals surface area contributed by atoms with Gasteiger partial charge in [0.05, 0.1) is 0 Å². The molecular formula is C14H12N2O2. The molecule has 4 nitrogen and oxygen atoms in total. The molecule has 18 heavy (non-hydrogen) atoms. The van der Waals surface area contributed by atoms with Crippen molar-refractivity contribution in [1.82, 2.24) is 9.97 Å². The standard InChI is InChI=1S/C14H12N2O2/c1-2-12(17)18-14-13-10(7-8-15-14)9-5-3-4-6-11(9)16-13/h3-8,16H,2H2,1H3. The number of nitrogens with one attached hydrogen (secondary N) is 1. The lowest BCUT2D eigenvalue weighted by Gasteiger charge is -2.02. The van der Waals surface area contributed by atoms with Crippen LogP contribution in [0.25, 0.3) is 21.8 Å². The number of fused-ring (bicyclic) bond motifs is 3. The van der Waals surface area contributed by atoms with Gasteiger partial charge < -0.3 is 9.72 Å². The Hall–Kier alpha value is -2.36. The highest BCUT2D eigenvalue weighted by Crippen LogP contribution is 2.29. The summed E-state index contributed by atoms with van der Waals surface area (Å²) in [4.78, 5) is 18.7. The lowest BCUT2D eigenvalue weighted by Crippen LogP contribution is -2.07. The third-order valence-electron chi connectivity index (χ3n) is 2.89. The van der Waals surface area contributed by atoms with Gasteiger partial charge in [-0.05, 0) is 12.1 Å². The highest BCUT2D eigenvalue weighted by atomic mass is 16.5. The predicted molar refractivity (Wildman–Crippen MR) is 69.5 cm³/mol. The normalized spacial score (nSPS) is 10.9. The Kier molecular flexibility index (Phi) is 2.48. The molecule has 1 N–H and O–H groups in total. The van der Waals surface area contributed by atoms with Crippen LogP contribution in [-0.4, -0.2) is 15.9 Å². The van der Waals surface area contributed by atoms with Crippen LogP contribution in [0, 0.1) is 0 Å². The van der Waals surface area contributed by atoms with Gasteiger partial charge in [0.1, 0.15) is 5.52 Å². The van der Waals surface area contributed by atoms with Crippen molar-refractivity contribution in [3.05, 3.63) is 36.5 Å². The summed E-state index contributed by atoms with van der Waals surface area (Å²) in [6, 6.07) is 9.87. The van der Waals surface area contributed by atoms with E-state index in [0.717, 1.165) is 21.8 Å². The van der Waals surface area contributed by atoms with E-state index in [1.54, 1.807) is 13.1 Å². The molecule has 1 aromatic carbocycles. The van der Waals surface area contributed by atoms with E-state index in [4.69, 9.17) is 4.74 Å². The van der Waals surface area contributed by atoms with Crippen LogP contribution in [-0.2, 0) is 4.79 Å². The Balaban J connectivity index is 2.24. The van der Waals surface area contributed by atoms with E-state index in [1.165, 1.54) is 0 Å². The van der Waals surface area contributed by atoms with Gasteiger partial charge in [-0.1, -0.05) is 25.1 Å². The summed E-state index contributed by atoms with van der Waals surface area (Å²) < 4.78 is 5.23. The van der Waals surface area contributed by atoms with E-state index in [9.17, 15) is 4.79 Å². The van der Waals surface area contributed by atoms with E-state index in [1.807, 2.05) is 30.3 Å². The molecule has 90 valence electrons. The fraction of sp³-hybridized carbons (Fsp3) is 0.143. The number of carbonyl (C=O) groups excluding carboxylic acids is 1. The average molecular weight is 240 g/mol. The zero-order valence-corrected chi connectivity index (χ0v) is 9.93. The summed E-state index contributed by atoms with van der Waals surface area (Å²) in [5.41, 5.74) is 1.77. The van der Waals surface area contributed by atoms with E-state index < -0.39 is 0 Å². The Morgan fingerprint density at radius 3 is 2.94 bits per heavy atom. The predicted octanol–water partition coefficient (Wildman–Crippen LogP) is 3.03. The molecule has 3 rings (SSSR count). The Labute approximate surface area is 104 Å². The van der Waals surface area contributed by atoms with E-state index in [0.29, 0.717) is 12.3 Å². The summed E-state index contributed by atoms with van der Waals surface area (Å²) in [7, 11) is 0. The lowest BCUT2D eigenvalue weighted by molar-refractivity contribution is -0.134. The SMILES string of the molecule is CCC(=O)Oc1nccc2c1[nH]c1ccccc12. The van der Waals surface area contributed by atoms with Crippen LogP contribution in [0.4, 0.5) is 0 Å². The minimum absolute atomic E-state index is 0.284. The van der Waals surface area contributed by atoms with Gasteiger partial charge in [0.15, 0.2) is 0 Å². The molecule has 0 fully saturated rings. The molecule has 0 spiro atoms. The maximum Gasteiger partial charge on any atom is 0.312 e. The summed E-state index contributed by atoms with van der Waals surface area (Å²) in [5, 5.41) is 2.11. The van der Waals surface area contributed by atoms with Crippen LogP contribution < -0.4 is 4.74 Å². The number of esters is 1. The Bertz CT molecular complexity index is 731. The van der Waals surface area contributed by atoms with Crippen molar-refractivity contribution < 1.29 is 9.53 Å². The van der Waals surface area contributed by atoms with Crippen molar-refractivity contribution in [1.29, 1.82) is 0 Å². The smallest absolute Gasteiger partial charge is 0.312 e. The van der Waals surface area contributed by atoms with Crippen LogP contribution in [0.5, 0.6) is 5.88 Å². The first-order chi connectivity index (χ1) is 8.79. The van der Waals surface area contributed by atoms with Crippen molar-refractivity contribution >= 4 is 27.8 Å². The molecule has 0 aliphatic carbocycles. The molecule has 0 atom stereocenters. The molecule has 0 bridgehead atoms. The molecule has 3 aromatic rings. The largest absolute Gasteiger partial charge is 0.405 e. The molecule has 0 aliphatic rings. The summed E-state index contributed by atoms with van der Waals surface area (Å²) in [6.45, 7) is 1.76. The van der Waals surface area contributed by atoms with E-state index in [2.05, 4.69) is 9.97 Å². The van der Waals surface area contributed by atoms with E-state index >= 15 is 0 Å². The Morgan fingerprint density at radius 2 is 2.11 bits per heavy atom. The van der Waals surface area contributed by atoms with Gasteiger partial charge in [0, 0.05) is 28.9 Å². The number of H-pyrrole nitrogens is 1. The fourth-order valence-corrected chi connectivity index (χ4v) is 2.01. The van der Waals surface area contributed by atoms with Crippen LogP contribution >= 0.6 is 0 Å². The quantitative estimate of drug-likeness (QED) is 0.700. The molecule has 0 unspecified atom stereocenters. The lowest BCUT2D eigenvalue weighted by atomic mass is 10.2. The highest BCUT2D eigenvalue weighted by Gasteiger charge is 2.11. The first-order valence-electron chi connectivity index (χ1n) is 5.85. The number of benzene rings is 1. The first-order valence-corrected chi connectivity index (χ1v) is 5.85. The second-order valence-corrected chi connectivity index (χ2v) is 4.04. The molecule has 2 aromatic heterocycles. The number of hydrogen-bond donors (Lipinski definition) is 1. The van der Waals surface area contributed by atoms with Crippen molar-refractivity contribution in [3.63, 3.8) is 0 Å². The van der Waals surface area contributed by atoms with Gasteiger partial charge in [0.25, 0.3) is 0 Å². The van der Waals surface area contributed by atoms with Crippen LogP contribution in [0.2, 0.25) is 0 Å². The van der Waals surface area contributed by atoms with Crippen LogP contribution in [0.3, 0.4) is 0 Å². The van der Waals surface area contributed by atoms with E-state index in [-0.39, 0.29) is 5.97 Å². The molecule has 4 heteroatoms. The molecule has 2 heterocycles. The number of rotatable bonds is 2. The van der Waals surface area contributed by atoms with Crippen molar-refractivity contribution in [2.75, 3.05) is 0 Å². The third kappa shape index (κ3) is 1.62. The van der Waals surface area contributed by atoms with Gasteiger partial charge in [-0.25, -0.2) is 4.98 Å². The van der Waals surface area contributed by atoms with Crippen molar-refractivity contribution in [2.24, 2.45) is 0 Å². The van der Waals surface area contributed by atoms with Gasteiger partial charge in [-0.2, -0.15) is 0 Å². The second kappa shape index (κ2) is 4.14. The number of para-hydroxylation sites is 1. The maximum atomic E-state index is 11.4. The highest BCUT2D eigenvalue weighted by molar-refractivity contribution is 6.08. The number of nitrogens with zero attached hydrogens (tertiary/aromatic N) is 1. The molecule has 0 aliphatic heterocycles. The fourth-order valence-electron chi connectivity index (χ4n) is 2.01. The number of aromatic nitrogens is 2.